The molecule has 0 fully saturated rings. The molecule has 3 aromatic carbocycles. The number of hydrogen-bond acceptors (Lipinski definition) is 13. The molecule has 0 aromatic heterocycles. The molecular formula is C67H106O14. The molecule has 14 heteroatoms. The van der Waals surface area contributed by atoms with Crippen molar-refractivity contribution >= 4 is 11.9 Å². The fraction of sp³-hybridized carbons (Fsp3) is 0.642. The van der Waals surface area contributed by atoms with Crippen LogP contribution in [0.25, 0.3) is 0 Å². The Hall–Kier alpha value is -4.32. The molecule has 0 saturated carbocycles. The van der Waals surface area contributed by atoms with Gasteiger partial charge in [0.05, 0.1) is 64.1 Å². The minimum absolute atomic E-state index is 0.136. The maximum atomic E-state index is 12.8. The quantitative estimate of drug-likeness (QED) is 0.0206. The van der Waals surface area contributed by atoms with E-state index in [9.17, 15) is 24.9 Å². The SMILES string of the molecule is CC[C@H](/C=C(/C)[C@@H](O)C[C@H](C[C@H](O)C(C)(C)c1cccc(CCCC(=O)O)c1)OC)COCOCCOC.CC[C@H](/C=C(/C)[C@@H]1C[C@@H](C)C[C@H](O)C(C)(C)c2cccc(c2)CCCC(=O)O1)COCOCCOC.Cc1ccccc1. The third-order valence-electron chi connectivity index (χ3n) is 15.4. The average Bonchev–Trinajstić information content (AvgIpc) is 3.43. The first-order valence-corrected chi connectivity index (χ1v) is 29.5. The Balaban J connectivity index is 0.000000492. The number of methoxy groups -OCH3 is 3. The molecule has 2 bridgehead atoms. The summed E-state index contributed by atoms with van der Waals surface area (Å²) in [5.41, 5.74) is 6.68. The Kier molecular flexibility index (Phi) is 36.7. The summed E-state index contributed by atoms with van der Waals surface area (Å²) < 4.78 is 43.6. The van der Waals surface area contributed by atoms with E-state index in [2.05, 4.69) is 84.0 Å². The zero-order valence-electron chi connectivity index (χ0n) is 51.8. The zero-order valence-corrected chi connectivity index (χ0v) is 51.8. The van der Waals surface area contributed by atoms with Crippen LogP contribution in [-0.4, -0.2) is 137 Å². The van der Waals surface area contributed by atoms with Gasteiger partial charge in [0.1, 0.15) is 19.7 Å². The lowest BCUT2D eigenvalue weighted by Crippen LogP contribution is -2.38. The summed E-state index contributed by atoms with van der Waals surface area (Å²) in [5, 5.41) is 42.2. The first-order valence-electron chi connectivity index (χ1n) is 29.5. The second-order valence-electron chi connectivity index (χ2n) is 23.0. The van der Waals surface area contributed by atoms with Crippen LogP contribution in [0.4, 0.5) is 0 Å². The number of rotatable bonds is 31. The van der Waals surface area contributed by atoms with Gasteiger partial charge in [-0.1, -0.05) is 145 Å². The molecule has 4 rings (SSSR count). The maximum absolute atomic E-state index is 12.8. The number of aryl methyl sites for hydroxylation is 3. The van der Waals surface area contributed by atoms with Gasteiger partial charge in [0.25, 0.3) is 0 Å². The van der Waals surface area contributed by atoms with Gasteiger partial charge in [-0.2, -0.15) is 0 Å². The molecule has 0 saturated heterocycles. The summed E-state index contributed by atoms with van der Waals surface area (Å²) >= 11 is 0. The van der Waals surface area contributed by atoms with Crippen molar-refractivity contribution in [3.8, 4) is 0 Å². The van der Waals surface area contributed by atoms with Crippen LogP contribution < -0.4 is 0 Å². The summed E-state index contributed by atoms with van der Waals surface area (Å²) in [6, 6.07) is 26.7. The highest BCUT2D eigenvalue weighted by atomic mass is 16.7. The van der Waals surface area contributed by atoms with Crippen LogP contribution in [0.1, 0.15) is 154 Å². The van der Waals surface area contributed by atoms with Gasteiger partial charge >= 0.3 is 11.9 Å². The van der Waals surface area contributed by atoms with Crippen LogP contribution in [-0.2, 0) is 71.2 Å². The molecule has 3 aromatic rings. The fourth-order valence-electron chi connectivity index (χ4n) is 9.45. The van der Waals surface area contributed by atoms with Crippen LogP contribution in [0.15, 0.2) is 102 Å². The number of carboxylic acids is 1. The lowest BCUT2D eigenvalue weighted by Gasteiger charge is -2.34. The minimum atomic E-state index is -0.795. The third-order valence-corrected chi connectivity index (χ3v) is 15.4. The molecule has 1 aliphatic rings. The van der Waals surface area contributed by atoms with Gasteiger partial charge in [-0.15, -0.1) is 0 Å². The number of benzene rings is 3. The van der Waals surface area contributed by atoms with E-state index < -0.39 is 29.7 Å². The van der Waals surface area contributed by atoms with E-state index >= 15 is 0 Å². The number of carbonyl (C=O) groups excluding carboxylic acids is 1. The molecule has 1 aliphatic heterocycles. The Labute approximate surface area is 487 Å². The van der Waals surface area contributed by atoms with E-state index in [-0.39, 0.29) is 61.4 Å². The largest absolute Gasteiger partial charge is 0.481 e. The number of carboxylic acid groups (broad SMARTS) is 1. The summed E-state index contributed by atoms with van der Waals surface area (Å²) in [6.45, 7) is 24.1. The van der Waals surface area contributed by atoms with E-state index in [0.717, 1.165) is 53.5 Å². The average molecular weight is 1140 g/mol. The van der Waals surface area contributed by atoms with E-state index in [0.29, 0.717) is 84.6 Å². The Bertz CT molecular complexity index is 2210. The summed E-state index contributed by atoms with van der Waals surface area (Å²) in [5.74, 6) is -0.421. The van der Waals surface area contributed by atoms with Crippen molar-refractivity contribution in [2.24, 2.45) is 17.8 Å². The van der Waals surface area contributed by atoms with Crippen LogP contribution in [0.3, 0.4) is 0 Å². The zero-order chi connectivity index (χ0) is 60.2. The van der Waals surface area contributed by atoms with Crippen molar-refractivity contribution in [2.75, 3.05) is 74.6 Å². The molecular weight excluding hydrogens is 1030 g/mol. The van der Waals surface area contributed by atoms with Crippen molar-refractivity contribution in [2.45, 2.75) is 188 Å². The lowest BCUT2D eigenvalue weighted by atomic mass is 9.75. The molecule has 458 valence electrons. The normalized spacial score (nSPS) is 19.1. The number of aliphatic hydroxyl groups excluding tert-OH is 3. The van der Waals surface area contributed by atoms with Crippen LogP contribution >= 0.6 is 0 Å². The predicted octanol–water partition coefficient (Wildman–Crippen LogP) is 12.1. The Morgan fingerprint density at radius 1 is 0.790 bits per heavy atom. The second-order valence-corrected chi connectivity index (χ2v) is 23.0. The minimum Gasteiger partial charge on any atom is -0.481 e. The predicted molar refractivity (Wildman–Crippen MR) is 322 cm³/mol. The van der Waals surface area contributed by atoms with Crippen molar-refractivity contribution < 1.29 is 67.9 Å². The van der Waals surface area contributed by atoms with E-state index in [1.165, 1.54) is 11.1 Å². The van der Waals surface area contributed by atoms with Crippen molar-refractivity contribution in [3.63, 3.8) is 0 Å². The Morgan fingerprint density at radius 2 is 1.41 bits per heavy atom. The number of carbonyl (C=O) groups is 2. The molecule has 4 N–H and O–H groups in total. The van der Waals surface area contributed by atoms with Crippen LogP contribution in [0.2, 0.25) is 0 Å². The smallest absolute Gasteiger partial charge is 0.306 e. The molecule has 0 aliphatic carbocycles. The van der Waals surface area contributed by atoms with E-state index in [4.69, 9.17) is 43.0 Å². The van der Waals surface area contributed by atoms with Crippen molar-refractivity contribution in [1.82, 2.24) is 0 Å². The van der Waals surface area contributed by atoms with Gasteiger partial charge in [-0.3, -0.25) is 9.59 Å². The van der Waals surface area contributed by atoms with Gasteiger partial charge in [0.2, 0.25) is 0 Å². The highest BCUT2D eigenvalue weighted by Gasteiger charge is 2.34. The van der Waals surface area contributed by atoms with Crippen molar-refractivity contribution in [3.05, 3.63) is 130 Å². The maximum Gasteiger partial charge on any atom is 0.306 e. The van der Waals surface area contributed by atoms with Gasteiger partial charge in [0, 0.05) is 69.7 Å². The summed E-state index contributed by atoms with van der Waals surface area (Å²) in [7, 11) is 4.87. The molecule has 0 amide bonds. The fourth-order valence-corrected chi connectivity index (χ4v) is 9.45. The van der Waals surface area contributed by atoms with Gasteiger partial charge in [-0.25, -0.2) is 0 Å². The molecule has 1 heterocycles. The standard InChI is InChI=1S/C30H50O8.C30H48O6.C7H8/c1-7-23(20-38-21-37-15-14-35-5)16-22(2)27(31)18-26(36-6)19-28(32)30(3,4)25-12-8-10-24(17-25)11-9-13-29(33)34;1-7-24(20-35-21-34-15-14-33-6)18-23(3)27-16-22(2)17-28(31)30(4,5)26-12-8-10-25(19-26)11-9-13-29(32)36-27;1-7-5-3-2-4-6-7/h8,10,12,16-17,23,26-28,31-32H,7,9,11,13-15,18-21H2,1-6H3,(H,33,34);8,10,12,18-19,22,24,27-28,31H,7,9,11,13-17,20-21H2,1-6H3;2-6H,1H3/b22-16-;23-18-;/t23-,26-,27+,28+;22-,24-,27+,28+;/m11./s1. The van der Waals surface area contributed by atoms with Gasteiger partial charge in [-0.05, 0) is 111 Å². The lowest BCUT2D eigenvalue weighted by molar-refractivity contribution is -0.148. The Morgan fingerprint density at radius 3 is 1.98 bits per heavy atom. The van der Waals surface area contributed by atoms with Crippen LogP contribution in [0, 0.1) is 24.7 Å². The van der Waals surface area contributed by atoms with Crippen molar-refractivity contribution in [1.29, 1.82) is 0 Å². The molecule has 0 unspecified atom stereocenters. The van der Waals surface area contributed by atoms with E-state index in [1.807, 2.05) is 76.2 Å². The monoisotopic (exact) mass is 1130 g/mol. The molecule has 81 heavy (non-hydrogen) atoms. The number of aliphatic carboxylic acids is 1. The molecule has 14 nitrogen and oxygen atoms in total. The number of cyclic esters (lactones) is 1. The molecule has 0 spiro atoms. The summed E-state index contributed by atoms with van der Waals surface area (Å²) in [4.78, 5) is 23.6. The molecule has 0 radical (unpaired) electrons. The van der Waals surface area contributed by atoms with Gasteiger partial charge < -0.3 is 58.3 Å². The third kappa shape index (κ3) is 29.7. The highest BCUT2D eigenvalue weighted by Crippen LogP contribution is 2.35. The number of fused-ring (bicyclic) bond motifs is 2. The number of hydrogen-bond donors (Lipinski definition) is 4. The van der Waals surface area contributed by atoms with Crippen LogP contribution in [0.5, 0.6) is 0 Å². The van der Waals surface area contributed by atoms with Gasteiger partial charge in [0.15, 0.2) is 0 Å². The molecule has 8 atom stereocenters. The first-order chi connectivity index (χ1) is 38.6. The van der Waals surface area contributed by atoms with E-state index in [1.54, 1.807) is 21.3 Å². The second kappa shape index (κ2) is 40.8. The number of esters is 1. The highest BCUT2D eigenvalue weighted by molar-refractivity contribution is 5.70. The number of ether oxygens (including phenoxy) is 8. The topological polar surface area (TPSA) is 189 Å². The number of aliphatic hydroxyl groups is 3. The summed E-state index contributed by atoms with van der Waals surface area (Å²) in [6.07, 6.45) is 8.87. The first kappa shape index (κ1) is 72.8.